The third-order valence-electron chi connectivity index (χ3n) is 4.41. The van der Waals surface area contributed by atoms with Crippen LogP contribution in [0.4, 0.5) is 0 Å². The van der Waals surface area contributed by atoms with E-state index in [4.69, 9.17) is 4.74 Å². The highest BCUT2D eigenvalue weighted by molar-refractivity contribution is 5.77. The average Bonchev–Trinajstić information content (AvgIpc) is 2.46. The average molecular weight is 284 g/mol. The molecule has 1 aliphatic heterocycles. The zero-order valence-electron chi connectivity index (χ0n) is 12.4. The first-order chi connectivity index (χ1) is 9.75. The van der Waals surface area contributed by atoms with Gasteiger partial charge in [0.2, 0.25) is 5.91 Å². The number of carbonyl (C=O) groups is 1. The number of carbonyl (C=O) groups excluding carboxylic acids is 1. The van der Waals surface area contributed by atoms with Crippen molar-refractivity contribution in [1.29, 1.82) is 0 Å². The first-order valence-corrected chi connectivity index (χ1v) is 8.00. The van der Waals surface area contributed by atoms with Crippen LogP contribution in [0, 0.1) is 5.92 Å². The Balaban J connectivity index is 1.52. The molecule has 2 fully saturated rings. The lowest BCUT2D eigenvalue weighted by Crippen LogP contribution is -2.43. The summed E-state index contributed by atoms with van der Waals surface area (Å²) in [5, 5.41) is 12.9. The number of aliphatic hydroxyl groups excluding tert-OH is 1. The molecule has 2 rings (SSSR count). The van der Waals surface area contributed by atoms with Crippen molar-refractivity contribution in [3.63, 3.8) is 0 Å². The van der Waals surface area contributed by atoms with Crippen molar-refractivity contribution in [3.8, 4) is 0 Å². The fourth-order valence-electron chi connectivity index (χ4n) is 3.14. The molecule has 0 radical (unpaired) electrons. The van der Waals surface area contributed by atoms with Crippen molar-refractivity contribution in [2.24, 2.45) is 5.92 Å². The maximum Gasteiger partial charge on any atom is 0.234 e. The molecule has 0 aromatic heterocycles. The van der Waals surface area contributed by atoms with Gasteiger partial charge in [-0.2, -0.15) is 0 Å². The Labute approximate surface area is 121 Å². The number of amides is 1. The largest absolute Gasteiger partial charge is 0.393 e. The van der Waals surface area contributed by atoms with Crippen molar-refractivity contribution in [1.82, 2.24) is 10.2 Å². The maximum absolute atomic E-state index is 11.8. The highest BCUT2D eigenvalue weighted by Crippen LogP contribution is 2.27. The second kappa shape index (κ2) is 8.60. The highest BCUT2D eigenvalue weighted by atomic mass is 16.5. The Morgan fingerprint density at radius 3 is 2.75 bits per heavy atom. The van der Waals surface area contributed by atoms with Crippen LogP contribution in [-0.2, 0) is 9.53 Å². The summed E-state index contributed by atoms with van der Waals surface area (Å²) in [4.78, 5) is 13.9. The lowest BCUT2D eigenvalue weighted by atomic mass is 9.83. The predicted octanol–water partition coefficient (Wildman–Crippen LogP) is 0.766. The number of aliphatic hydroxyl groups is 1. The third-order valence-corrected chi connectivity index (χ3v) is 4.41. The van der Waals surface area contributed by atoms with E-state index in [1.807, 2.05) is 0 Å². The molecule has 2 N–H and O–H groups in total. The van der Waals surface area contributed by atoms with Crippen LogP contribution in [0.3, 0.4) is 0 Å². The van der Waals surface area contributed by atoms with E-state index < -0.39 is 0 Å². The van der Waals surface area contributed by atoms with Crippen molar-refractivity contribution in [2.45, 2.75) is 44.6 Å². The molecule has 2 atom stereocenters. The zero-order valence-corrected chi connectivity index (χ0v) is 12.4. The summed E-state index contributed by atoms with van der Waals surface area (Å²) >= 11 is 0. The van der Waals surface area contributed by atoms with Crippen molar-refractivity contribution in [2.75, 3.05) is 39.4 Å². The first kappa shape index (κ1) is 15.7. The van der Waals surface area contributed by atoms with E-state index in [0.717, 1.165) is 65.0 Å². The minimum Gasteiger partial charge on any atom is -0.393 e. The van der Waals surface area contributed by atoms with E-state index in [0.29, 0.717) is 12.5 Å². The predicted molar refractivity (Wildman–Crippen MR) is 77.5 cm³/mol. The van der Waals surface area contributed by atoms with Gasteiger partial charge in [-0.25, -0.2) is 0 Å². The molecule has 1 heterocycles. The monoisotopic (exact) mass is 284 g/mol. The normalized spacial score (nSPS) is 28.2. The van der Waals surface area contributed by atoms with Gasteiger partial charge in [0, 0.05) is 19.6 Å². The second-order valence-electron chi connectivity index (χ2n) is 5.99. The van der Waals surface area contributed by atoms with E-state index in [1.54, 1.807) is 0 Å². The van der Waals surface area contributed by atoms with Crippen molar-refractivity contribution < 1.29 is 14.6 Å². The lowest BCUT2D eigenvalue weighted by molar-refractivity contribution is -0.123. The maximum atomic E-state index is 11.8. The number of hydrogen-bond donors (Lipinski definition) is 2. The van der Waals surface area contributed by atoms with Gasteiger partial charge in [-0.15, -0.1) is 0 Å². The fourth-order valence-corrected chi connectivity index (χ4v) is 3.14. The highest BCUT2D eigenvalue weighted by Gasteiger charge is 2.22. The molecule has 5 nitrogen and oxygen atoms in total. The van der Waals surface area contributed by atoms with Crippen LogP contribution in [0.15, 0.2) is 0 Å². The Bertz CT molecular complexity index is 293. The zero-order chi connectivity index (χ0) is 14.2. The molecule has 0 spiro atoms. The number of nitrogens with zero attached hydrogens (tertiary/aromatic N) is 1. The summed E-state index contributed by atoms with van der Waals surface area (Å²) in [7, 11) is 0. The minimum absolute atomic E-state index is 0.107. The number of ether oxygens (including phenoxy) is 1. The summed E-state index contributed by atoms with van der Waals surface area (Å²) < 4.78 is 5.26. The molecule has 0 aromatic rings. The molecule has 2 aliphatic rings. The van der Waals surface area contributed by atoms with Gasteiger partial charge in [-0.05, 0) is 31.6 Å². The van der Waals surface area contributed by atoms with Crippen LogP contribution < -0.4 is 5.32 Å². The Hall–Kier alpha value is -0.650. The van der Waals surface area contributed by atoms with E-state index >= 15 is 0 Å². The van der Waals surface area contributed by atoms with Gasteiger partial charge in [0.1, 0.15) is 0 Å². The van der Waals surface area contributed by atoms with Gasteiger partial charge in [-0.1, -0.05) is 12.8 Å². The quantitative estimate of drug-likeness (QED) is 0.707. The molecule has 1 saturated heterocycles. The number of hydrogen-bond acceptors (Lipinski definition) is 4. The van der Waals surface area contributed by atoms with Gasteiger partial charge in [0.15, 0.2) is 0 Å². The number of nitrogens with one attached hydrogen (secondary N) is 1. The Morgan fingerprint density at radius 1 is 1.25 bits per heavy atom. The molecule has 2 unspecified atom stereocenters. The van der Waals surface area contributed by atoms with Gasteiger partial charge in [0.05, 0.1) is 25.9 Å². The molecule has 1 aliphatic carbocycles. The Kier molecular flexibility index (Phi) is 6.76. The van der Waals surface area contributed by atoms with Gasteiger partial charge >= 0.3 is 0 Å². The molecule has 0 aromatic carbocycles. The van der Waals surface area contributed by atoms with Crippen molar-refractivity contribution in [3.05, 3.63) is 0 Å². The molecular formula is C15H28N2O3. The van der Waals surface area contributed by atoms with Gasteiger partial charge in [-0.3, -0.25) is 9.69 Å². The van der Waals surface area contributed by atoms with Crippen LogP contribution in [-0.4, -0.2) is 61.4 Å². The van der Waals surface area contributed by atoms with Gasteiger partial charge < -0.3 is 15.2 Å². The van der Waals surface area contributed by atoms with Crippen LogP contribution in [0.25, 0.3) is 0 Å². The topological polar surface area (TPSA) is 61.8 Å². The van der Waals surface area contributed by atoms with Crippen molar-refractivity contribution >= 4 is 5.91 Å². The van der Waals surface area contributed by atoms with E-state index in [9.17, 15) is 9.90 Å². The minimum atomic E-state index is -0.118. The summed E-state index contributed by atoms with van der Waals surface area (Å²) in [5.74, 6) is 0.552. The SMILES string of the molecule is O=C(CN1CCOCC1)NCCCC1CCCCC1O. The second-order valence-corrected chi connectivity index (χ2v) is 5.99. The van der Waals surface area contributed by atoms with Gasteiger partial charge in [0.25, 0.3) is 0 Å². The molecule has 116 valence electrons. The molecular weight excluding hydrogens is 256 g/mol. The molecule has 5 heteroatoms. The standard InChI is InChI=1S/C15H28N2O3/c18-14-6-2-1-4-13(14)5-3-7-16-15(19)12-17-8-10-20-11-9-17/h13-14,18H,1-12H2,(H,16,19). The Morgan fingerprint density at radius 2 is 2.00 bits per heavy atom. The number of morpholine rings is 1. The number of rotatable bonds is 6. The summed E-state index contributed by atoms with van der Waals surface area (Å²) in [5.41, 5.74) is 0. The summed E-state index contributed by atoms with van der Waals surface area (Å²) in [6.45, 7) is 4.37. The van der Waals surface area contributed by atoms with Crippen LogP contribution in [0.2, 0.25) is 0 Å². The molecule has 1 saturated carbocycles. The van der Waals surface area contributed by atoms with Crippen LogP contribution >= 0.6 is 0 Å². The van der Waals surface area contributed by atoms with Crippen LogP contribution in [0.5, 0.6) is 0 Å². The smallest absolute Gasteiger partial charge is 0.234 e. The molecule has 20 heavy (non-hydrogen) atoms. The van der Waals surface area contributed by atoms with E-state index in [1.165, 1.54) is 6.42 Å². The van der Waals surface area contributed by atoms with E-state index in [-0.39, 0.29) is 12.0 Å². The fraction of sp³-hybridized carbons (Fsp3) is 0.933. The van der Waals surface area contributed by atoms with Crippen LogP contribution in [0.1, 0.15) is 38.5 Å². The van der Waals surface area contributed by atoms with E-state index in [2.05, 4.69) is 10.2 Å². The molecule has 0 bridgehead atoms. The summed E-state index contributed by atoms with van der Waals surface area (Å²) in [6, 6.07) is 0. The molecule has 1 amide bonds. The third kappa shape index (κ3) is 5.38. The summed E-state index contributed by atoms with van der Waals surface area (Å²) in [6.07, 6.45) is 6.37. The lowest BCUT2D eigenvalue weighted by Gasteiger charge is -2.27. The first-order valence-electron chi connectivity index (χ1n) is 8.00.